The molecule has 1 heterocycles. The molecule has 0 aliphatic carbocycles. The van der Waals surface area contributed by atoms with Gasteiger partial charge in [-0.15, -0.1) is 24.0 Å². The average molecular weight is 217 g/mol. The Balaban J connectivity index is 0.000000845. The molecule has 2 rings (SSSR count). The highest BCUT2D eigenvalue weighted by Crippen LogP contribution is 2.15. The largest absolute Gasteiger partial charge is 0.268 e. The smallest absolute Gasteiger partial charge is 0.0682 e. The molecule has 0 saturated heterocycles. The van der Waals surface area contributed by atoms with E-state index in [2.05, 4.69) is 11.2 Å². The van der Waals surface area contributed by atoms with Crippen molar-refractivity contribution in [1.29, 1.82) is 0 Å². The summed E-state index contributed by atoms with van der Waals surface area (Å²) >= 11 is 5.72. The van der Waals surface area contributed by atoms with Gasteiger partial charge in [-0.25, -0.2) is 0 Å². The maximum absolute atomic E-state index is 5.72. The number of fused-ring (bicyclic) bond motifs is 1. The number of rotatable bonds is 1. The van der Waals surface area contributed by atoms with Crippen molar-refractivity contribution in [3.05, 3.63) is 30.0 Å². The summed E-state index contributed by atoms with van der Waals surface area (Å²) in [4.78, 5) is 0. The van der Waals surface area contributed by atoms with Crippen LogP contribution in [0.2, 0.25) is 0 Å². The fraction of sp³-hybridized carbons (Fsp3) is 0.222. The minimum atomic E-state index is 0. The fourth-order valence-corrected chi connectivity index (χ4v) is 1.44. The summed E-state index contributed by atoms with van der Waals surface area (Å²) in [5.41, 5.74) is 2.26. The molecule has 1 aromatic carbocycles. The van der Waals surface area contributed by atoms with E-state index in [4.69, 9.17) is 11.6 Å². The minimum Gasteiger partial charge on any atom is -0.268 e. The van der Waals surface area contributed by atoms with Crippen LogP contribution in [-0.2, 0) is 12.9 Å². The molecule has 2 nitrogen and oxygen atoms in total. The van der Waals surface area contributed by atoms with Crippen LogP contribution in [0.3, 0.4) is 0 Å². The second-order valence-electron chi connectivity index (χ2n) is 2.79. The molecule has 0 unspecified atom stereocenters. The molecule has 0 spiro atoms. The predicted octanol–water partition coefficient (Wildman–Crippen LogP) is 2.73. The third-order valence-corrected chi connectivity index (χ3v) is 2.28. The summed E-state index contributed by atoms with van der Waals surface area (Å²) in [5.74, 6) is 0.557. The topological polar surface area (TPSA) is 17.8 Å². The third-order valence-electron chi connectivity index (χ3n) is 1.97. The number of alkyl halides is 1. The van der Waals surface area contributed by atoms with Gasteiger partial charge in [-0.1, -0.05) is 12.1 Å². The van der Waals surface area contributed by atoms with Crippen LogP contribution < -0.4 is 0 Å². The molecule has 2 aromatic rings. The van der Waals surface area contributed by atoms with Gasteiger partial charge < -0.3 is 0 Å². The van der Waals surface area contributed by atoms with Crippen molar-refractivity contribution in [3.63, 3.8) is 0 Å². The van der Waals surface area contributed by atoms with Gasteiger partial charge in [0.2, 0.25) is 0 Å². The van der Waals surface area contributed by atoms with E-state index in [1.165, 1.54) is 0 Å². The first kappa shape index (κ1) is 10.4. The highest BCUT2D eigenvalue weighted by molar-refractivity contribution is 6.17. The van der Waals surface area contributed by atoms with Crippen molar-refractivity contribution in [1.82, 2.24) is 9.78 Å². The number of nitrogens with zero attached hydrogens (tertiary/aromatic N) is 2. The van der Waals surface area contributed by atoms with E-state index in [0.29, 0.717) is 5.88 Å². The zero-order chi connectivity index (χ0) is 8.55. The van der Waals surface area contributed by atoms with E-state index in [1.807, 2.05) is 30.1 Å². The minimum absolute atomic E-state index is 0. The molecule has 0 amide bonds. The molecular weight excluding hydrogens is 207 g/mol. The monoisotopic (exact) mass is 216 g/mol. The van der Waals surface area contributed by atoms with Gasteiger partial charge in [-0.05, 0) is 11.6 Å². The second-order valence-corrected chi connectivity index (χ2v) is 3.06. The van der Waals surface area contributed by atoms with Gasteiger partial charge in [0.25, 0.3) is 0 Å². The first-order valence-corrected chi connectivity index (χ1v) is 4.31. The van der Waals surface area contributed by atoms with Crippen LogP contribution in [0, 0.1) is 0 Å². The molecule has 13 heavy (non-hydrogen) atoms. The van der Waals surface area contributed by atoms with Gasteiger partial charge in [0.1, 0.15) is 0 Å². The molecule has 4 heteroatoms. The van der Waals surface area contributed by atoms with Crippen LogP contribution in [0.4, 0.5) is 0 Å². The number of benzene rings is 1. The van der Waals surface area contributed by atoms with Crippen LogP contribution in [0.15, 0.2) is 24.4 Å². The fourth-order valence-electron chi connectivity index (χ4n) is 1.27. The molecule has 1 aromatic heterocycles. The number of aryl methyl sites for hydroxylation is 1. The Hall–Kier alpha value is -0.730. The molecule has 70 valence electrons. The van der Waals surface area contributed by atoms with E-state index in [-0.39, 0.29) is 12.4 Å². The SMILES string of the molecule is Cl.Cn1ncc2ccc(CCl)cc21. The molecule has 0 aliphatic rings. The Morgan fingerprint density at radius 3 is 2.92 bits per heavy atom. The van der Waals surface area contributed by atoms with Gasteiger partial charge in [0.05, 0.1) is 11.7 Å². The van der Waals surface area contributed by atoms with Crippen LogP contribution in [0.1, 0.15) is 5.56 Å². The van der Waals surface area contributed by atoms with E-state index in [0.717, 1.165) is 16.5 Å². The third kappa shape index (κ3) is 1.79. The Bertz CT molecular complexity index is 409. The highest BCUT2D eigenvalue weighted by Gasteiger charge is 1.99. The molecule has 0 saturated carbocycles. The Morgan fingerprint density at radius 1 is 1.46 bits per heavy atom. The Labute approximate surface area is 87.9 Å². The quantitative estimate of drug-likeness (QED) is 0.671. The van der Waals surface area contributed by atoms with Gasteiger partial charge in [-0.2, -0.15) is 5.10 Å². The van der Waals surface area contributed by atoms with E-state index < -0.39 is 0 Å². The number of hydrogen-bond donors (Lipinski definition) is 0. The van der Waals surface area contributed by atoms with Crippen molar-refractivity contribution < 1.29 is 0 Å². The standard InChI is InChI=1S/C9H9ClN2.ClH/c1-12-9-4-7(5-10)2-3-8(9)6-11-12;/h2-4,6H,5H2,1H3;1H. The molecule has 0 aliphatic heterocycles. The lowest BCUT2D eigenvalue weighted by Gasteiger charge is -1.96. The molecule has 0 fully saturated rings. The number of hydrogen-bond acceptors (Lipinski definition) is 1. The summed E-state index contributed by atoms with van der Waals surface area (Å²) in [6.07, 6.45) is 1.85. The maximum atomic E-state index is 5.72. The average Bonchev–Trinajstić information content (AvgIpc) is 2.47. The van der Waals surface area contributed by atoms with Crippen LogP contribution >= 0.6 is 24.0 Å². The lowest BCUT2D eigenvalue weighted by molar-refractivity contribution is 0.796. The van der Waals surface area contributed by atoms with Crippen molar-refractivity contribution in [2.24, 2.45) is 7.05 Å². The summed E-state index contributed by atoms with van der Waals surface area (Å²) in [7, 11) is 1.93. The summed E-state index contributed by atoms with van der Waals surface area (Å²) in [6, 6.07) is 6.13. The van der Waals surface area contributed by atoms with Crippen LogP contribution in [-0.4, -0.2) is 9.78 Å². The first-order chi connectivity index (χ1) is 5.81. The predicted molar refractivity (Wildman–Crippen MR) is 57.5 cm³/mol. The molecule has 0 bridgehead atoms. The molecular formula is C9H10Cl2N2. The molecule has 0 radical (unpaired) electrons. The lowest BCUT2D eigenvalue weighted by Crippen LogP contribution is -1.89. The van der Waals surface area contributed by atoms with Gasteiger partial charge in [0, 0.05) is 18.3 Å². The van der Waals surface area contributed by atoms with Gasteiger partial charge >= 0.3 is 0 Å². The zero-order valence-electron chi connectivity index (χ0n) is 7.20. The number of aromatic nitrogens is 2. The van der Waals surface area contributed by atoms with E-state index in [1.54, 1.807) is 0 Å². The first-order valence-electron chi connectivity index (χ1n) is 3.78. The Morgan fingerprint density at radius 2 is 2.23 bits per heavy atom. The molecule has 0 atom stereocenters. The molecule has 0 N–H and O–H groups in total. The number of halogens is 2. The Kier molecular flexibility index (Phi) is 3.17. The lowest BCUT2D eigenvalue weighted by atomic mass is 10.2. The van der Waals surface area contributed by atoms with Crippen molar-refractivity contribution in [2.75, 3.05) is 0 Å². The van der Waals surface area contributed by atoms with Crippen LogP contribution in [0.5, 0.6) is 0 Å². The summed E-state index contributed by atoms with van der Waals surface area (Å²) in [6.45, 7) is 0. The summed E-state index contributed by atoms with van der Waals surface area (Å²) < 4.78 is 1.85. The van der Waals surface area contributed by atoms with Crippen molar-refractivity contribution >= 4 is 34.9 Å². The highest BCUT2D eigenvalue weighted by atomic mass is 35.5. The second kappa shape index (κ2) is 3.99. The maximum Gasteiger partial charge on any atom is 0.0682 e. The normalized spacial score (nSPS) is 10.0. The van der Waals surface area contributed by atoms with Gasteiger partial charge in [-0.3, -0.25) is 4.68 Å². The van der Waals surface area contributed by atoms with Crippen molar-refractivity contribution in [2.45, 2.75) is 5.88 Å². The summed E-state index contributed by atoms with van der Waals surface area (Å²) in [5, 5.41) is 5.30. The van der Waals surface area contributed by atoms with Gasteiger partial charge in [0.15, 0.2) is 0 Å². The van der Waals surface area contributed by atoms with E-state index >= 15 is 0 Å². The zero-order valence-corrected chi connectivity index (χ0v) is 8.77. The van der Waals surface area contributed by atoms with E-state index in [9.17, 15) is 0 Å². The van der Waals surface area contributed by atoms with Crippen molar-refractivity contribution in [3.8, 4) is 0 Å². The van der Waals surface area contributed by atoms with Crippen LogP contribution in [0.25, 0.3) is 10.9 Å².